The van der Waals surface area contributed by atoms with E-state index in [1.165, 1.54) is 0 Å². The van der Waals surface area contributed by atoms with Crippen LogP contribution in [0.2, 0.25) is 0 Å². The second kappa shape index (κ2) is 10.3. The molecule has 2 heterocycles. The van der Waals surface area contributed by atoms with Crippen LogP contribution in [0, 0.1) is 0 Å². The van der Waals surface area contributed by atoms with Crippen molar-refractivity contribution in [1.29, 1.82) is 0 Å². The average molecular weight is 391 g/mol. The smallest absolute Gasteiger partial charge is 0.257 e. The molecule has 2 aromatic heterocycles. The van der Waals surface area contributed by atoms with E-state index in [0.29, 0.717) is 31.1 Å². The molecule has 29 heavy (non-hydrogen) atoms. The number of carbonyl (C=O) groups is 1. The van der Waals surface area contributed by atoms with Crippen LogP contribution in [-0.2, 0) is 17.8 Å². The molecule has 0 aliphatic carbocycles. The number of ether oxygens (including phenoxy) is 1. The predicted octanol–water partition coefficient (Wildman–Crippen LogP) is 2.34. The molecule has 7 heteroatoms. The van der Waals surface area contributed by atoms with E-state index in [-0.39, 0.29) is 12.5 Å². The van der Waals surface area contributed by atoms with Gasteiger partial charge in [-0.2, -0.15) is 0 Å². The van der Waals surface area contributed by atoms with Crippen LogP contribution in [0.3, 0.4) is 0 Å². The lowest BCUT2D eigenvalue weighted by atomic mass is 10.1. The summed E-state index contributed by atoms with van der Waals surface area (Å²) in [4.78, 5) is 27.0. The van der Waals surface area contributed by atoms with Crippen LogP contribution in [0.5, 0.6) is 5.75 Å². The van der Waals surface area contributed by atoms with Gasteiger partial charge in [-0.3, -0.25) is 9.78 Å². The number of rotatable bonds is 9. The lowest BCUT2D eigenvalue weighted by Gasteiger charge is -2.16. The quantitative estimate of drug-likeness (QED) is 0.603. The van der Waals surface area contributed by atoms with E-state index in [0.717, 1.165) is 16.8 Å². The van der Waals surface area contributed by atoms with E-state index in [1.807, 2.05) is 55.4 Å². The normalized spacial score (nSPS) is 10.7. The number of pyridine rings is 1. The molecular weight excluding hydrogens is 366 g/mol. The molecule has 0 radical (unpaired) electrons. The summed E-state index contributed by atoms with van der Waals surface area (Å²) >= 11 is 0. The van der Waals surface area contributed by atoms with Crippen molar-refractivity contribution in [2.24, 2.45) is 0 Å². The fourth-order valence-corrected chi connectivity index (χ4v) is 2.84. The summed E-state index contributed by atoms with van der Waals surface area (Å²) in [7, 11) is 3.97. The van der Waals surface area contributed by atoms with E-state index < -0.39 is 0 Å². The molecule has 0 bridgehead atoms. The summed E-state index contributed by atoms with van der Waals surface area (Å²) < 4.78 is 5.80. The Morgan fingerprint density at radius 1 is 1.03 bits per heavy atom. The van der Waals surface area contributed by atoms with Gasteiger partial charge in [-0.15, -0.1) is 0 Å². The Morgan fingerprint density at radius 3 is 2.55 bits per heavy atom. The molecule has 1 amide bonds. The molecule has 0 saturated carbocycles. The third kappa shape index (κ3) is 6.36. The van der Waals surface area contributed by atoms with Crippen molar-refractivity contribution < 1.29 is 9.53 Å². The number of hydrogen-bond donors (Lipinski definition) is 1. The van der Waals surface area contributed by atoms with Crippen LogP contribution in [0.4, 0.5) is 0 Å². The summed E-state index contributed by atoms with van der Waals surface area (Å²) in [6, 6.07) is 13.3. The zero-order valence-electron chi connectivity index (χ0n) is 16.7. The molecule has 0 atom stereocenters. The monoisotopic (exact) mass is 391 g/mol. The van der Waals surface area contributed by atoms with Crippen LogP contribution in [0.15, 0.2) is 61.1 Å². The van der Waals surface area contributed by atoms with Crippen LogP contribution < -0.4 is 10.1 Å². The zero-order valence-corrected chi connectivity index (χ0v) is 16.7. The van der Waals surface area contributed by atoms with Crippen molar-refractivity contribution in [3.05, 3.63) is 72.3 Å². The van der Waals surface area contributed by atoms with Gasteiger partial charge >= 0.3 is 0 Å². The Morgan fingerprint density at radius 2 is 1.83 bits per heavy atom. The molecule has 0 aliphatic rings. The lowest BCUT2D eigenvalue weighted by molar-refractivity contribution is -0.123. The minimum Gasteiger partial charge on any atom is -0.483 e. The van der Waals surface area contributed by atoms with Crippen LogP contribution >= 0.6 is 0 Å². The molecule has 7 nitrogen and oxygen atoms in total. The van der Waals surface area contributed by atoms with E-state index in [2.05, 4.69) is 20.3 Å². The summed E-state index contributed by atoms with van der Waals surface area (Å²) in [6.07, 6.45) is 5.86. The summed E-state index contributed by atoms with van der Waals surface area (Å²) in [5.74, 6) is 1.18. The summed E-state index contributed by atoms with van der Waals surface area (Å²) in [5.41, 5.74) is 2.83. The molecule has 0 unspecified atom stereocenters. The van der Waals surface area contributed by atoms with Crippen LogP contribution in [-0.4, -0.2) is 53.0 Å². The van der Waals surface area contributed by atoms with Gasteiger partial charge in [0, 0.05) is 54.9 Å². The van der Waals surface area contributed by atoms with Crippen LogP contribution in [0.1, 0.15) is 11.3 Å². The van der Waals surface area contributed by atoms with E-state index in [1.54, 1.807) is 24.7 Å². The second-order valence-corrected chi connectivity index (χ2v) is 6.84. The lowest BCUT2D eigenvalue weighted by Crippen LogP contribution is -2.31. The molecule has 150 valence electrons. The largest absolute Gasteiger partial charge is 0.483 e. The standard InChI is InChI=1S/C22H25N5O2/c1-27(2)15-18-14-17(22-25-11-5-12-26-22)7-8-20(18)29-16-21(28)24-13-9-19-6-3-4-10-23-19/h3-8,10-12,14H,9,13,15-16H2,1-2H3,(H,24,28). The van der Waals surface area contributed by atoms with Gasteiger partial charge in [0.15, 0.2) is 12.4 Å². The Hall–Kier alpha value is -3.32. The number of benzene rings is 1. The molecule has 0 fully saturated rings. The number of amides is 1. The first-order valence-electron chi connectivity index (χ1n) is 9.46. The van der Waals surface area contributed by atoms with Gasteiger partial charge in [0.05, 0.1) is 0 Å². The van der Waals surface area contributed by atoms with Crippen molar-refractivity contribution in [1.82, 2.24) is 25.2 Å². The molecule has 0 saturated heterocycles. The van der Waals surface area contributed by atoms with Gasteiger partial charge in [0.25, 0.3) is 5.91 Å². The number of nitrogens with one attached hydrogen (secondary N) is 1. The molecule has 1 aromatic carbocycles. The topological polar surface area (TPSA) is 80.2 Å². The molecule has 3 rings (SSSR count). The predicted molar refractivity (Wildman–Crippen MR) is 111 cm³/mol. The number of hydrogen-bond acceptors (Lipinski definition) is 6. The first-order valence-corrected chi connectivity index (χ1v) is 9.46. The van der Waals surface area contributed by atoms with Crippen molar-refractivity contribution >= 4 is 5.91 Å². The molecular formula is C22H25N5O2. The number of nitrogens with zero attached hydrogens (tertiary/aromatic N) is 4. The Balaban J connectivity index is 1.59. The first-order chi connectivity index (χ1) is 14.1. The van der Waals surface area contributed by atoms with Gasteiger partial charge in [0.1, 0.15) is 5.75 Å². The van der Waals surface area contributed by atoms with Gasteiger partial charge in [0.2, 0.25) is 0 Å². The maximum Gasteiger partial charge on any atom is 0.257 e. The fraction of sp³-hybridized carbons (Fsp3) is 0.273. The van der Waals surface area contributed by atoms with Crippen molar-refractivity contribution in [2.45, 2.75) is 13.0 Å². The Kier molecular flexibility index (Phi) is 7.24. The van der Waals surface area contributed by atoms with Gasteiger partial charge < -0.3 is 15.0 Å². The third-order valence-electron chi connectivity index (χ3n) is 4.16. The summed E-state index contributed by atoms with van der Waals surface area (Å²) in [5, 5.41) is 2.86. The third-order valence-corrected chi connectivity index (χ3v) is 4.16. The molecule has 0 aliphatic heterocycles. The van der Waals surface area contributed by atoms with Gasteiger partial charge in [-0.25, -0.2) is 9.97 Å². The maximum atomic E-state index is 12.1. The SMILES string of the molecule is CN(C)Cc1cc(-c2ncccn2)ccc1OCC(=O)NCCc1ccccn1. The van der Waals surface area contributed by atoms with E-state index in [9.17, 15) is 4.79 Å². The molecule has 0 spiro atoms. The summed E-state index contributed by atoms with van der Waals surface area (Å²) in [6.45, 7) is 1.16. The molecule has 3 aromatic rings. The Bertz CT molecular complexity index is 917. The zero-order chi connectivity index (χ0) is 20.5. The highest BCUT2D eigenvalue weighted by atomic mass is 16.5. The van der Waals surface area contributed by atoms with E-state index in [4.69, 9.17) is 4.74 Å². The Labute approximate surface area is 170 Å². The van der Waals surface area contributed by atoms with E-state index >= 15 is 0 Å². The van der Waals surface area contributed by atoms with Crippen molar-refractivity contribution in [3.8, 4) is 17.1 Å². The van der Waals surface area contributed by atoms with Crippen molar-refractivity contribution in [2.75, 3.05) is 27.2 Å². The minimum atomic E-state index is -0.160. The first kappa shape index (κ1) is 20.4. The maximum absolute atomic E-state index is 12.1. The van der Waals surface area contributed by atoms with Gasteiger partial charge in [-0.05, 0) is 50.5 Å². The number of carbonyl (C=O) groups excluding carboxylic acids is 1. The van der Waals surface area contributed by atoms with Crippen LogP contribution in [0.25, 0.3) is 11.4 Å². The van der Waals surface area contributed by atoms with Crippen molar-refractivity contribution in [3.63, 3.8) is 0 Å². The van der Waals surface area contributed by atoms with Gasteiger partial charge in [-0.1, -0.05) is 6.07 Å². The number of aromatic nitrogens is 3. The average Bonchev–Trinajstić information content (AvgIpc) is 2.74. The molecule has 1 N–H and O–H groups in total. The highest BCUT2D eigenvalue weighted by molar-refractivity contribution is 5.77. The highest BCUT2D eigenvalue weighted by Gasteiger charge is 2.11. The second-order valence-electron chi connectivity index (χ2n) is 6.84. The fourth-order valence-electron chi connectivity index (χ4n) is 2.84. The minimum absolute atomic E-state index is 0.0379. The highest BCUT2D eigenvalue weighted by Crippen LogP contribution is 2.25.